The van der Waals surface area contributed by atoms with Gasteiger partial charge in [-0.1, -0.05) is 11.6 Å². The number of aromatic nitrogens is 2. The molecule has 0 saturated heterocycles. The fraction of sp³-hybridized carbons (Fsp3) is 0.417. The number of halogens is 3. The fourth-order valence-electron chi connectivity index (χ4n) is 2.25. The summed E-state index contributed by atoms with van der Waals surface area (Å²) in [6, 6.07) is 4.13. The van der Waals surface area contributed by atoms with E-state index in [1.165, 1.54) is 16.9 Å². The molecule has 2 rings (SSSR count). The summed E-state index contributed by atoms with van der Waals surface area (Å²) in [5.41, 5.74) is 2.44. The van der Waals surface area contributed by atoms with Gasteiger partial charge >= 0.3 is 0 Å². The highest BCUT2D eigenvalue weighted by Crippen LogP contribution is 2.27. The summed E-state index contributed by atoms with van der Waals surface area (Å²) in [6.45, 7) is 8.41. The van der Waals surface area contributed by atoms with Gasteiger partial charge in [-0.25, -0.2) is 9.13 Å². The zero-order valence-corrected chi connectivity index (χ0v) is 14.6. The van der Waals surface area contributed by atoms with Crippen LogP contribution in [0, 0.1) is 6.92 Å². The molecule has 0 unspecified atom stereocenters. The van der Waals surface area contributed by atoms with Crippen molar-refractivity contribution in [3.8, 4) is 0 Å². The lowest BCUT2D eigenvalue weighted by Gasteiger charge is -1.96. The Hall–Kier alpha value is 0.190. The predicted octanol–water partition coefficient (Wildman–Crippen LogP) is 0.697. The minimum atomic E-state index is 0. The van der Waals surface area contributed by atoms with Gasteiger partial charge in [-0.05, 0) is 29.8 Å². The first-order valence-corrected chi connectivity index (χ1v) is 6.64. The number of aryl methyl sites for hydroxylation is 2. The second-order valence-corrected chi connectivity index (χ2v) is 5.05. The van der Waals surface area contributed by atoms with Crippen LogP contribution in [0.4, 0.5) is 0 Å². The van der Waals surface area contributed by atoms with E-state index in [1.807, 2.05) is 6.07 Å². The van der Waals surface area contributed by atoms with Gasteiger partial charge in [0.05, 0.1) is 18.1 Å². The van der Waals surface area contributed by atoms with E-state index in [2.05, 4.69) is 51.9 Å². The summed E-state index contributed by atoms with van der Waals surface area (Å²) >= 11 is 9.63. The number of nitrogens with zero attached hydrogens (tertiary/aromatic N) is 2. The van der Waals surface area contributed by atoms with Crippen molar-refractivity contribution in [1.82, 2.24) is 4.57 Å². The first-order chi connectivity index (χ1) is 7.60. The van der Waals surface area contributed by atoms with E-state index in [4.69, 9.17) is 11.6 Å². The molecule has 0 aliphatic carbocycles. The topological polar surface area (TPSA) is 8.81 Å². The maximum absolute atomic E-state index is 6.15. The SMILES string of the molecule is CCn1c(C)[n+](CC)c2cc(Br)c(Cl)cc21.[I-]. The molecule has 17 heavy (non-hydrogen) atoms. The van der Waals surface area contributed by atoms with Crippen LogP contribution in [0.25, 0.3) is 11.0 Å². The van der Waals surface area contributed by atoms with Crippen LogP contribution in [0.3, 0.4) is 0 Å². The van der Waals surface area contributed by atoms with E-state index >= 15 is 0 Å². The molecule has 0 aliphatic rings. The van der Waals surface area contributed by atoms with Crippen LogP contribution in [-0.4, -0.2) is 4.57 Å². The van der Waals surface area contributed by atoms with Crippen molar-refractivity contribution >= 4 is 38.6 Å². The Morgan fingerprint density at radius 3 is 2.53 bits per heavy atom. The average Bonchev–Trinajstić information content (AvgIpc) is 2.50. The number of fused-ring (bicyclic) bond motifs is 1. The zero-order valence-electron chi connectivity index (χ0n) is 10.1. The molecule has 2 nitrogen and oxygen atoms in total. The van der Waals surface area contributed by atoms with Crippen molar-refractivity contribution in [3.05, 3.63) is 27.5 Å². The van der Waals surface area contributed by atoms with Crippen molar-refractivity contribution in [3.63, 3.8) is 0 Å². The average molecular weight is 430 g/mol. The zero-order chi connectivity index (χ0) is 11.9. The summed E-state index contributed by atoms with van der Waals surface area (Å²) in [6.07, 6.45) is 0. The Balaban J connectivity index is 0.00000144. The van der Waals surface area contributed by atoms with Crippen molar-refractivity contribution < 1.29 is 28.5 Å². The van der Waals surface area contributed by atoms with Crippen molar-refractivity contribution in [2.75, 3.05) is 0 Å². The predicted molar refractivity (Wildman–Crippen MR) is 70.9 cm³/mol. The Morgan fingerprint density at radius 1 is 1.35 bits per heavy atom. The van der Waals surface area contributed by atoms with Crippen molar-refractivity contribution in [1.29, 1.82) is 0 Å². The molecular weight excluding hydrogens is 414 g/mol. The number of hydrogen-bond donors (Lipinski definition) is 0. The molecule has 0 atom stereocenters. The Labute approximate surface area is 132 Å². The smallest absolute Gasteiger partial charge is 0.254 e. The van der Waals surface area contributed by atoms with Gasteiger partial charge in [0.25, 0.3) is 5.82 Å². The lowest BCUT2D eigenvalue weighted by atomic mass is 10.3. The second-order valence-electron chi connectivity index (χ2n) is 3.79. The largest absolute Gasteiger partial charge is 1.00 e. The van der Waals surface area contributed by atoms with E-state index in [9.17, 15) is 0 Å². The molecule has 0 fully saturated rings. The van der Waals surface area contributed by atoms with Crippen LogP contribution in [0.15, 0.2) is 16.6 Å². The van der Waals surface area contributed by atoms with Gasteiger partial charge in [0.15, 0.2) is 11.0 Å². The number of hydrogen-bond acceptors (Lipinski definition) is 0. The van der Waals surface area contributed by atoms with E-state index in [0.29, 0.717) is 0 Å². The molecule has 0 amide bonds. The summed E-state index contributed by atoms with van der Waals surface area (Å²) in [4.78, 5) is 0. The monoisotopic (exact) mass is 428 g/mol. The van der Waals surface area contributed by atoms with Gasteiger partial charge in [0.1, 0.15) is 0 Å². The van der Waals surface area contributed by atoms with Gasteiger partial charge in [0.2, 0.25) is 0 Å². The fourth-order valence-corrected chi connectivity index (χ4v) is 2.74. The van der Waals surface area contributed by atoms with Crippen LogP contribution in [0.5, 0.6) is 0 Å². The van der Waals surface area contributed by atoms with E-state index in [1.54, 1.807) is 0 Å². The van der Waals surface area contributed by atoms with Gasteiger partial charge in [-0.2, -0.15) is 0 Å². The molecule has 2 aromatic rings. The molecule has 0 radical (unpaired) electrons. The standard InChI is InChI=1S/C12H15BrClN2.HI/c1-4-15-8(3)16(5-2)12-7-10(14)9(13)6-11(12)15;/h6-7H,4-5H2,1-3H3;1H/q+1;/p-1. The molecule has 0 bridgehead atoms. The summed E-state index contributed by atoms with van der Waals surface area (Å²) < 4.78 is 5.55. The van der Waals surface area contributed by atoms with Crippen LogP contribution in [0.2, 0.25) is 5.02 Å². The van der Waals surface area contributed by atoms with Crippen LogP contribution in [-0.2, 0) is 13.1 Å². The van der Waals surface area contributed by atoms with Gasteiger partial charge in [-0.3, -0.25) is 0 Å². The molecule has 1 aromatic heterocycles. The van der Waals surface area contributed by atoms with Crippen molar-refractivity contribution in [2.45, 2.75) is 33.9 Å². The molecule has 94 valence electrons. The number of rotatable bonds is 2. The summed E-state index contributed by atoms with van der Waals surface area (Å²) in [5.74, 6) is 1.27. The lowest BCUT2D eigenvalue weighted by molar-refractivity contribution is -0.675. The van der Waals surface area contributed by atoms with E-state index in [-0.39, 0.29) is 24.0 Å². The number of benzene rings is 1. The molecule has 0 saturated carbocycles. The van der Waals surface area contributed by atoms with Gasteiger partial charge in [0, 0.05) is 23.5 Å². The van der Waals surface area contributed by atoms with E-state index in [0.717, 1.165) is 22.6 Å². The molecule has 1 aromatic carbocycles. The second kappa shape index (κ2) is 5.89. The van der Waals surface area contributed by atoms with Crippen LogP contribution in [0.1, 0.15) is 19.7 Å². The molecule has 0 spiro atoms. The van der Waals surface area contributed by atoms with Crippen LogP contribution >= 0.6 is 27.5 Å². The highest BCUT2D eigenvalue weighted by atomic mass is 127. The Bertz CT molecular complexity index is 504. The van der Waals surface area contributed by atoms with Crippen LogP contribution < -0.4 is 28.5 Å². The van der Waals surface area contributed by atoms with Crippen molar-refractivity contribution in [2.24, 2.45) is 0 Å². The lowest BCUT2D eigenvalue weighted by Crippen LogP contribution is -3.00. The van der Waals surface area contributed by atoms with Gasteiger partial charge in [-0.15, -0.1) is 0 Å². The minimum absolute atomic E-state index is 0. The highest BCUT2D eigenvalue weighted by Gasteiger charge is 2.20. The maximum Gasteiger partial charge on any atom is 0.254 e. The molecular formula is C12H15BrClIN2. The normalized spacial score (nSPS) is 10.6. The Kier molecular flexibility index (Phi) is 5.28. The molecule has 1 heterocycles. The first-order valence-electron chi connectivity index (χ1n) is 5.47. The molecule has 0 N–H and O–H groups in total. The third-order valence-electron chi connectivity index (χ3n) is 3.01. The third kappa shape index (κ3) is 2.49. The minimum Gasteiger partial charge on any atom is -1.00 e. The summed E-state index contributed by atoms with van der Waals surface area (Å²) in [7, 11) is 0. The highest BCUT2D eigenvalue weighted by molar-refractivity contribution is 9.10. The molecule has 5 heteroatoms. The quantitative estimate of drug-likeness (QED) is 0.491. The molecule has 0 aliphatic heterocycles. The maximum atomic E-state index is 6.15. The van der Waals surface area contributed by atoms with Gasteiger partial charge < -0.3 is 24.0 Å². The Morgan fingerprint density at radius 2 is 2.00 bits per heavy atom. The number of imidazole rings is 1. The summed E-state index contributed by atoms with van der Waals surface area (Å²) in [5, 5.41) is 0.767. The first kappa shape index (κ1) is 15.2. The van der Waals surface area contributed by atoms with E-state index < -0.39 is 0 Å². The third-order valence-corrected chi connectivity index (χ3v) is 4.21.